The molecule has 4 aromatic rings. The summed E-state index contributed by atoms with van der Waals surface area (Å²) in [4.78, 5) is 43.6. The number of hydrogen-bond acceptors (Lipinski definition) is 7. The molecule has 164 valence electrons. The van der Waals surface area contributed by atoms with E-state index in [9.17, 15) is 14.4 Å². The molecule has 0 unspecified atom stereocenters. The van der Waals surface area contributed by atoms with Gasteiger partial charge in [0, 0.05) is 28.6 Å². The number of nitrogens with zero attached hydrogens (tertiary/aromatic N) is 2. The molecular formula is C22H20N4O3S3. The van der Waals surface area contributed by atoms with Gasteiger partial charge in [-0.3, -0.25) is 19.5 Å². The molecule has 0 bridgehead atoms. The van der Waals surface area contributed by atoms with Gasteiger partial charge in [-0.25, -0.2) is 9.78 Å². The molecule has 0 aliphatic heterocycles. The lowest BCUT2D eigenvalue weighted by molar-refractivity contribution is -0.117. The molecule has 0 saturated carbocycles. The lowest BCUT2D eigenvalue weighted by Gasteiger charge is -2.10. The van der Waals surface area contributed by atoms with Gasteiger partial charge in [-0.1, -0.05) is 35.5 Å². The Hall–Kier alpha value is -2.95. The minimum atomic E-state index is -0.598. The zero-order valence-electron chi connectivity index (χ0n) is 17.6. The van der Waals surface area contributed by atoms with Gasteiger partial charge in [0.25, 0.3) is 5.56 Å². The van der Waals surface area contributed by atoms with Crippen LogP contribution < -0.4 is 16.2 Å². The first-order valence-electron chi connectivity index (χ1n) is 9.66. The predicted octanol–water partition coefficient (Wildman–Crippen LogP) is 4.78. The maximum Gasteiger partial charge on any atom is 0.325 e. The van der Waals surface area contributed by atoms with Crippen LogP contribution in [0.1, 0.15) is 11.1 Å². The van der Waals surface area contributed by atoms with Crippen LogP contribution in [-0.4, -0.2) is 27.2 Å². The maximum atomic E-state index is 13.0. The van der Waals surface area contributed by atoms with Crippen LogP contribution >= 0.6 is 34.4 Å². The number of thioether (sulfide) groups is 1. The Labute approximate surface area is 196 Å². The molecule has 0 atom stereocenters. The van der Waals surface area contributed by atoms with E-state index in [1.807, 2.05) is 48.9 Å². The summed E-state index contributed by atoms with van der Waals surface area (Å²) in [5.41, 5.74) is 3.36. The summed E-state index contributed by atoms with van der Waals surface area (Å²) in [6.07, 6.45) is 0. The van der Waals surface area contributed by atoms with Gasteiger partial charge in [0.05, 0.1) is 11.1 Å². The fourth-order valence-corrected chi connectivity index (χ4v) is 5.77. The number of carbonyl (C=O) groups is 2. The van der Waals surface area contributed by atoms with Crippen LogP contribution in [0.2, 0.25) is 0 Å². The molecule has 0 fully saturated rings. The summed E-state index contributed by atoms with van der Waals surface area (Å²) < 4.78 is 1.44. The van der Waals surface area contributed by atoms with Gasteiger partial charge in [-0.2, -0.15) is 0 Å². The Bertz CT molecular complexity index is 1370. The van der Waals surface area contributed by atoms with Crippen molar-refractivity contribution < 1.29 is 9.59 Å². The normalized spacial score (nSPS) is 11.0. The molecule has 3 amide bonds. The number of aromatic nitrogens is 2. The molecule has 32 heavy (non-hydrogen) atoms. The molecule has 7 nitrogen and oxygen atoms in total. The number of aryl methyl sites for hydroxylation is 2. The number of nitrogens with one attached hydrogen (secondary N) is 2. The molecule has 2 N–H and O–H groups in total. The number of amides is 3. The van der Waals surface area contributed by atoms with Crippen LogP contribution in [0, 0.1) is 13.8 Å². The van der Waals surface area contributed by atoms with Crippen molar-refractivity contribution in [1.29, 1.82) is 0 Å². The fourth-order valence-electron chi connectivity index (χ4n) is 3.20. The number of hydrogen-bond donors (Lipinski definition) is 2. The van der Waals surface area contributed by atoms with Crippen LogP contribution in [-0.2, 0) is 11.8 Å². The van der Waals surface area contributed by atoms with E-state index in [-0.39, 0.29) is 11.3 Å². The van der Waals surface area contributed by atoms with E-state index in [4.69, 9.17) is 0 Å². The van der Waals surface area contributed by atoms with E-state index in [2.05, 4.69) is 15.6 Å². The highest BCUT2D eigenvalue weighted by Gasteiger charge is 2.17. The molecule has 0 aliphatic rings. The van der Waals surface area contributed by atoms with Gasteiger partial charge in [-0.05, 0) is 36.9 Å². The number of rotatable bonds is 5. The average Bonchev–Trinajstić information content (AvgIpc) is 3.41. The van der Waals surface area contributed by atoms with Crippen molar-refractivity contribution in [3.8, 4) is 10.4 Å². The van der Waals surface area contributed by atoms with E-state index in [1.54, 1.807) is 24.5 Å². The summed E-state index contributed by atoms with van der Waals surface area (Å²) in [6.45, 7) is 3.85. The summed E-state index contributed by atoms with van der Waals surface area (Å²) in [6, 6.07) is 8.95. The summed E-state index contributed by atoms with van der Waals surface area (Å²) in [5, 5.41) is 9.90. The van der Waals surface area contributed by atoms with Crippen LogP contribution in [0.4, 0.5) is 10.5 Å². The molecule has 0 aliphatic carbocycles. The Morgan fingerprint density at radius 1 is 1.19 bits per heavy atom. The lowest BCUT2D eigenvalue weighted by Crippen LogP contribution is -2.35. The quantitative estimate of drug-likeness (QED) is 0.314. The zero-order chi connectivity index (χ0) is 22.8. The Balaban J connectivity index is 1.43. The van der Waals surface area contributed by atoms with E-state index < -0.39 is 11.9 Å². The van der Waals surface area contributed by atoms with Crippen molar-refractivity contribution in [1.82, 2.24) is 14.9 Å². The van der Waals surface area contributed by atoms with Crippen LogP contribution in [0.5, 0.6) is 0 Å². The standard InChI is InChI=1S/C22H20N4O3S3/c1-12-6-7-15(13(2)9-12)23-21(29)24-17(27)11-32-22-25-19-18(20(28)26(22)3)14(10-31-19)16-5-4-8-30-16/h4-10H,11H2,1-3H3,(H2,23,24,27,29). The van der Waals surface area contributed by atoms with Gasteiger partial charge in [0.2, 0.25) is 5.91 Å². The minimum Gasteiger partial charge on any atom is -0.307 e. The van der Waals surface area contributed by atoms with Gasteiger partial charge < -0.3 is 5.32 Å². The maximum absolute atomic E-state index is 13.0. The smallest absolute Gasteiger partial charge is 0.307 e. The second-order valence-electron chi connectivity index (χ2n) is 7.17. The first kappa shape index (κ1) is 22.3. The number of fused-ring (bicyclic) bond motifs is 1. The molecular weight excluding hydrogens is 464 g/mol. The second kappa shape index (κ2) is 9.27. The van der Waals surface area contributed by atoms with Gasteiger partial charge in [0.1, 0.15) is 4.83 Å². The zero-order valence-corrected chi connectivity index (χ0v) is 20.0. The highest BCUT2D eigenvalue weighted by Crippen LogP contribution is 2.34. The molecule has 0 radical (unpaired) electrons. The van der Waals surface area contributed by atoms with Crippen LogP contribution in [0.15, 0.2) is 51.0 Å². The largest absolute Gasteiger partial charge is 0.325 e. The highest BCUT2D eigenvalue weighted by molar-refractivity contribution is 7.99. The molecule has 4 rings (SSSR count). The minimum absolute atomic E-state index is 0.0464. The topological polar surface area (TPSA) is 93.1 Å². The van der Waals surface area contributed by atoms with Crippen molar-refractivity contribution in [2.45, 2.75) is 19.0 Å². The second-order valence-corrected chi connectivity index (χ2v) is 9.92. The van der Waals surface area contributed by atoms with Gasteiger partial charge in [0.15, 0.2) is 5.16 Å². The molecule has 0 saturated heterocycles. The van der Waals surface area contributed by atoms with Crippen molar-refractivity contribution in [2.75, 3.05) is 11.1 Å². The van der Waals surface area contributed by atoms with Crippen molar-refractivity contribution in [3.05, 3.63) is 62.6 Å². The van der Waals surface area contributed by atoms with Crippen molar-refractivity contribution in [3.63, 3.8) is 0 Å². The number of carbonyl (C=O) groups excluding carboxylic acids is 2. The fraction of sp³-hybridized carbons (Fsp3) is 0.182. The predicted molar refractivity (Wildman–Crippen MR) is 132 cm³/mol. The third-order valence-electron chi connectivity index (χ3n) is 4.78. The number of anilines is 1. The highest BCUT2D eigenvalue weighted by atomic mass is 32.2. The van der Waals surface area contributed by atoms with E-state index >= 15 is 0 Å². The summed E-state index contributed by atoms with van der Waals surface area (Å²) in [5.74, 6) is -0.521. The first-order chi connectivity index (χ1) is 15.3. The molecule has 3 aromatic heterocycles. The Kier molecular flexibility index (Phi) is 6.45. The summed E-state index contributed by atoms with van der Waals surface area (Å²) >= 11 is 4.09. The van der Waals surface area contributed by atoms with Crippen LogP contribution in [0.25, 0.3) is 20.7 Å². The number of thiophene rings is 2. The Morgan fingerprint density at radius 3 is 2.72 bits per heavy atom. The lowest BCUT2D eigenvalue weighted by atomic mass is 10.1. The first-order valence-corrected chi connectivity index (χ1v) is 12.4. The average molecular weight is 485 g/mol. The van der Waals surface area contributed by atoms with Crippen molar-refractivity contribution >= 4 is 62.3 Å². The SMILES string of the molecule is Cc1ccc(NC(=O)NC(=O)CSc2nc3scc(-c4cccs4)c3c(=O)n2C)c(C)c1. The van der Waals surface area contributed by atoms with Gasteiger partial charge in [-0.15, -0.1) is 22.7 Å². The number of urea groups is 1. The third kappa shape index (κ3) is 4.62. The number of imide groups is 1. The van der Waals surface area contributed by atoms with E-state index in [0.717, 1.165) is 33.3 Å². The molecule has 3 heterocycles. The van der Waals surface area contributed by atoms with E-state index in [0.29, 0.717) is 21.1 Å². The molecule has 10 heteroatoms. The molecule has 0 spiro atoms. The number of benzene rings is 1. The molecule has 1 aromatic carbocycles. The third-order valence-corrected chi connectivity index (χ3v) is 7.58. The van der Waals surface area contributed by atoms with Gasteiger partial charge >= 0.3 is 6.03 Å². The van der Waals surface area contributed by atoms with Crippen molar-refractivity contribution in [2.24, 2.45) is 7.05 Å². The monoisotopic (exact) mass is 484 g/mol. The Morgan fingerprint density at radius 2 is 2.00 bits per heavy atom. The van der Waals surface area contributed by atoms with E-state index in [1.165, 1.54) is 15.9 Å². The van der Waals surface area contributed by atoms with Crippen LogP contribution in [0.3, 0.4) is 0 Å². The summed E-state index contributed by atoms with van der Waals surface area (Å²) in [7, 11) is 1.64.